The van der Waals surface area contributed by atoms with E-state index < -0.39 is 320 Å². The van der Waals surface area contributed by atoms with Gasteiger partial charge in [0.15, 0.2) is 44.0 Å². The third kappa shape index (κ3) is 20.8. The lowest BCUT2D eigenvalue weighted by molar-refractivity contribution is -0.384. The lowest BCUT2D eigenvalue weighted by Gasteiger charge is -2.50. The molecule has 0 bridgehead atoms. The van der Waals surface area contributed by atoms with Crippen molar-refractivity contribution in [3.05, 3.63) is 0 Å². The summed E-state index contributed by atoms with van der Waals surface area (Å²) in [4.78, 5) is 48.6. The first kappa shape index (κ1) is 87.1. The zero-order chi connectivity index (χ0) is 77.6. The topological polar surface area (TPSA) is 665 Å². The Morgan fingerprint density at radius 1 is 0.390 bits per heavy atom. The molecule has 8 rings (SSSR count). The van der Waals surface area contributed by atoms with Crippen LogP contribution in [0.4, 0.5) is 0 Å². The number of aliphatic hydroxyl groups is 19. The van der Waals surface area contributed by atoms with E-state index in [0.717, 1.165) is 13.8 Å². The second-order valence-electron chi connectivity index (χ2n) is 28.0. The van der Waals surface area contributed by atoms with E-state index in [9.17, 15) is 116 Å². The summed E-state index contributed by atoms with van der Waals surface area (Å²) in [6, 6.07) is -4.74. The Balaban J connectivity index is 0.954. The van der Waals surface area contributed by atoms with Crippen molar-refractivity contribution >= 4 is 23.6 Å². The standard InChI is InChI=1S/C62H107N5O38/c1-17-52(42(81)27(11-68)95-57(17)63)103-62-51(90)56(44(83)32(100-62)16-94-60-49(88)46(85)40(79)30(98-60)14-92-34-10-26(77)38(67-24(8)75)55(102-34)36(20(4)71)65-22(6)73)105-58-18(2)53(43(82)28(12-69)96-58)104-61-50(89)47(86)41(80)31(99-61)15-93-59-48(87)45(84)39(78)29(97-59)13-91-33-9-25(76)37(66-23(7)74)54(101-33)35(19(3)70)64-21(5)72/h17-20,25-62,68-71,76-90H,9-16,63H2,1-8H3,(H,64,72)(H,65,73)(H,66,74)(H,67,75)/t17?,18?,19-,20-,25+,26+,27?,28?,29?,30?,31?,32?,33+,34+,35-,36-,37-,38-,39+,40+,41-,42-,43-,44-,45-,46-,47-,48?,49?,50?,51?,52+,53+,54?,55?,56-,57+,58-,59+,60+,61-,62-/m0/s1. The maximum absolute atomic E-state index is 12.2. The summed E-state index contributed by atoms with van der Waals surface area (Å²) in [6.07, 6.45) is -62.9. The van der Waals surface area contributed by atoms with Gasteiger partial charge < -0.3 is 195 Å². The van der Waals surface area contributed by atoms with Gasteiger partial charge in [-0.15, -0.1) is 0 Å². The van der Waals surface area contributed by atoms with Crippen LogP contribution in [0.5, 0.6) is 0 Å². The van der Waals surface area contributed by atoms with Crippen molar-refractivity contribution in [1.82, 2.24) is 21.3 Å². The molecule has 0 aromatic carbocycles. The number of rotatable bonds is 28. The van der Waals surface area contributed by atoms with Gasteiger partial charge in [0.1, 0.15) is 141 Å². The number of aliphatic hydroxyl groups excluding tert-OH is 19. The molecule has 0 aliphatic carbocycles. The van der Waals surface area contributed by atoms with E-state index in [4.69, 9.17) is 76.8 Å². The van der Waals surface area contributed by atoms with Gasteiger partial charge >= 0.3 is 0 Å². The first-order valence-electron chi connectivity index (χ1n) is 34.7. The Kier molecular flexibility index (Phi) is 31.6. The molecule has 8 fully saturated rings. The van der Waals surface area contributed by atoms with Crippen LogP contribution >= 0.6 is 0 Å². The van der Waals surface area contributed by atoms with Crippen molar-refractivity contribution < 1.29 is 187 Å². The summed E-state index contributed by atoms with van der Waals surface area (Å²) < 4.78 is 89.2. The van der Waals surface area contributed by atoms with Crippen molar-refractivity contribution in [3.8, 4) is 0 Å². The highest BCUT2D eigenvalue weighted by atomic mass is 16.8. The molecular formula is C62H107N5O38. The second-order valence-corrected chi connectivity index (χ2v) is 28.0. The monoisotopic (exact) mass is 1530 g/mol. The predicted octanol–water partition coefficient (Wildman–Crippen LogP) is -13.8. The predicted molar refractivity (Wildman–Crippen MR) is 338 cm³/mol. The Hall–Kier alpha value is -3.52. The summed E-state index contributed by atoms with van der Waals surface area (Å²) in [5.41, 5.74) is 6.20. The third-order valence-electron chi connectivity index (χ3n) is 19.9. The Labute approximate surface area is 601 Å². The molecule has 8 aliphatic rings. The number of carbonyl (C=O) groups is 4. The number of hydrogen-bond donors (Lipinski definition) is 24. The second kappa shape index (κ2) is 38.1. The first-order chi connectivity index (χ1) is 49.4. The van der Waals surface area contributed by atoms with E-state index in [2.05, 4.69) is 21.3 Å². The van der Waals surface area contributed by atoms with Crippen LogP contribution in [0.1, 0.15) is 68.2 Å². The van der Waals surface area contributed by atoms with Crippen LogP contribution in [0.25, 0.3) is 0 Å². The third-order valence-corrected chi connectivity index (χ3v) is 19.9. The molecule has 0 radical (unpaired) electrons. The minimum absolute atomic E-state index is 0.316. The number of nitrogens with two attached hydrogens (primary N) is 1. The zero-order valence-electron chi connectivity index (χ0n) is 58.7. The largest absolute Gasteiger partial charge is 0.394 e. The average molecular weight is 1530 g/mol. The Morgan fingerprint density at radius 2 is 0.714 bits per heavy atom. The van der Waals surface area contributed by atoms with E-state index in [1.54, 1.807) is 0 Å². The number of nitrogens with one attached hydrogen (secondary N) is 4. The van der Waals surface area contributed by atoms with Crippen molar-refractivity contribution in [2.45, 2.75) is 314 Å². The van der Waals surface area contributed by atoms with E-state index in [1.807, 2.05) is 0 Å². The van der Waals surface area contributed by atoms with Crippen LogP contribution in [-0.4, -0.2) is 406 Å². The molecule has 8 saturated heterocycles. The molecule has 0 saturated carbocycles. The van der Waals surface area contributed by atoms with Crippen LogP contribution < -0.4 is 27.0 Å². The average Bonchev–Trinajstić information content (AvgIpc) is 0.777. The van der Waals surface area contributed by atoms with Crippen molar-refractivity contribution in [2.75, 3.05) is 39.6 Å². The van der Waals surface area contributed by atoms with E-state index in [0.29, 0.717) is 0 Å². The maximum atomic E-state index is 12.2. The fourth-order valence-corrected chi connectivity index (χ4v) is 14.0. The van der Waals surface area contributed by atoms with Gasteiger partial charge in [-0.1, -0.05) is 13.8 Å². The summed E-state index contributed by atoms with van der Waals surface area (Å²) in [6.45, 7) is 5.34. The van der Waals surface area contributed by atoms with Crippen LogP contribution in [0.2, 0.25) is 0 Å². The SMILES string of the molecule is CC(=O)N[C@H](C1O[C@@H](OCC2O[C@@H](OCC3O[C@@H](O[C@@H]4C(C)[C@H](O[C@@H]5C(O)[C@H](O[C@@H]6C(C)[C@H](N)OC(CO)[C@@H]6O)OC(CO[C@@H]6OC(CO[C@H]7C[C@@H](O)[C@H](NC(C)=O)C([C@@H](NC(C)=O)[C@H](C)O)O7)[C@@H](O)[C@H](O)C6O)[C@@H]5O)OC(CO)[C@@H]4O)C(O)[C@@H](O)[C@H]3O)C(O)[C@@H](O)[C@@H]2O)C[C@@H](O)[C@@H]1NC(C)=O)[C@H](C)O. The number of amides is 4. The molecule has 43 heteroatoms. The molecule has 43 nitrogen and oxygen atoms in total. The normalized spacial score (nSPS) is 46.8. The van der Waals surface area contributed by atoms with Crippen LogP contribution in [0.3, 0.4) is 0 Å². The van der Waals surface area contributed by atoms with Gasteiger partial charge in [0.2, 0.25) is 23.6 Å². The minimum Gasteiger partial charge on any atom is -0.394 e. The zero-order valence-corrected chi connectivity index (χ0v) is 58.7. The summed E-state index contributed by atoms with van der Waals surface area (Å²) in [5.74, 6) is -4.61. The van der Waals surface area contributed by atoms with Gasteiger partial charge in [-0.2, -0.15) is 0 Å². The summed E-state index contributed by atoms with van der Waals surface area (Å²) in [5, 5.41) is 222. The van der Waals surface area contributed by atoms with Crippen molar-refractivity contribution in [3.63, 3.8) is 0 Å². The highest BCUT2D eigenvalue weighted by molar-refractivity contribution is 5.75. The smallest absolute Gasteiger partial charge is 0.217 e. The van der Waals surface area contributed by atoms with Crippen molar-refractivity contribution in [1.29, 1.82) is 0 Å². The maximum Gasteiger partial charge on any atom is 0.217 e. The molecule has 4 amide bonds. The molecule has 42 atom stereocenters. The molecule has 608 valence electrons. The molecular weight excluding hydrogens is 1420 g/mol. The minimum atomic E-state index is -2.15. The molecule has 105 heavy (non-hydrogen) atoms. The van der Waals surface area contributed by atoms with Gasteiger partial charge in [0.25, 0.3) is 0 Å². The highest BCUT2D eigenvalue weighted by Crippen LogP contribution is 2.39. The van der Waals surface area contributed by atoms with Crippen LogP contribution in [0.15, 0.2) is 0 Å². The molecule has 8 aliphatic heterocycles. The molecule has 8 heterocycles. The van der Waals surface area contributed by atoms with E-state index in [-0.39, 0.29) is 12.8 Å². The van der Waals surface area contributed by atoms with Crippen LogP contribution in [0, 0.1) is 11.8 Å². The lowest BCUT2D eigenvalue weighted by Crippen LogP contribution is -2.66. The van der Waals surface area contributed by atoms with Gasteiger partial charge in [-0.3, -0.25) is 19.2 Å². The molecule has 25 N–H and O–H groups in total. The Morgan fingerprint density at radius 3 is 1.10 bits per heavy atom. The summed E-state index contributed by atoms with van der Waals surface area (Å²) in [7, 11) is 0. The van der Waals surface area contributed by atoms with E-state index >= 15 is 0 Å². The molecule has 0 spiro atoms. The first-order valence-corrected chi connectivity index (χ1v) is 34.7. The quantitative estimate of drug-likeness (QED) is 0.0346. The van der Waals surface area contributed by atoms with Gasteiger partial charge in [-0.25, -0.2) is 0 Å². The molecule has 14 unspecified atom stereocenters. The number of hydrogen-bond acceptors (Lipinski definition) is 39. The number of ether oxygens (including phenoxy) is 15. The Bertz CT molecular complexity index is 2710. The molecule has 0 aromatic rings. The van der Waals surface area contributed by atoms with Gasteiger partial charge in [0.05, 0.1) is 100 Å². The number of carbonyl (C=O) groups excluding carboxylic acids is 4. The lowest BCUT2D eigenvalue weighted by atomic mass is 9.90. The van der Waals surface area contributed by atoms with Gasteiger partial charge in [0, 0.05) is 52.4 Å². The molecule has 0 aromatic heterocycles. The van der Waals surface area contributed by atoms with Crippen molar-refractivity contribution in [2.24, 2.45) is 17.6 Å². The fourth-order valence-electron chi connectivity index (χ4n) is 14.0. The van der Waals surface area contributed by atoms with E-state index in [1.165, 1.54) is 41.5 Å². The van der Waals surface area contributed by atoms with Gasteiger partial charge in [-0.05, 0) is 13.8 Å². The highest BCUT2D eigenvalue weighted by Gasteiger charge is 2.57. The van der Waals surface area contributed by atoms with Crippen LogP contribution in [-0.2, 0) is 90.2 Å². The fraction of sp³-hybridized carbons (Fsp3) is 0.935. The summed E-state index contributed by atoms with van der Waals surface area (Å²) >= 11 is 0.